The van der Waals surface area contributed by atoms with E-state index in [2.05, 4.69) is 50.7 Å². The molecule has 0 saturated carbocycles. The van der Waals surface area contributed by atoms with Crippen molar-refractivity contribution >= 4 is 28.3 Å². The Balaban J connectivity index is 1.43. The van der Waals surface area contributed by atoms with Crippen molar-refractivity contribution in [2.75, 3.05) is 36.5 Å². The topological polar surface area (TPSA) is 80.2 Å². The monoisotopic (exact) mass is 425 g/mol. The Hall–Kier alpha value is -3.84. The average Bonchev–Trinajstić information content (AvgIpc) is 2.85. The van der Waals surface area contributed by atoms with Crippen molar-refractivity contribution in [2.45, 2.75) is 6.42 Å². The van der Waals surface area contributed by atoms with Crippen LogP contribution in [0.3, 0.4) is 0 Å². The molecule has 0 radical (unpaired) electrons. The van der Waals surface area contributed by atoms with Gasteiger partial charge in [0, 0.05) is 35.9 Å². The van der Waals surface area contributed by atoms with Gasteiger partial charge >= 0.3 is 0 Å². The minimum Gasteiger partial charge on any atom is -0.378 e. The molecule has 1 aliphatic heterocycles. The van der Waals surface area contributed by atoms with Gasteiger partial charge in [0.2, 0.25) is 5.91 Å². The molecule has 1 aliphatic rings. The maximum absolute atomic E-state index is 12.6. The molecule has 3 heterocycles. The van der Waals surface area contributed by atoms with Crippen LogP contribution >= 0.6 is 0 Å². The lowest BCUT2D eigenvalue weighted by atomic mass is 10.0. The molecule has 0 spiro atoms. The Bertz CT molecular complexity index is 1240. The molecule has 2 aromatic heterocycles. The fourth-order valence-electron chi connectivity index (χ4n) is 3.92. The lowest BCUT2D eigenvalue weighted by molar-refractivity contribution is -0.115. The molecule has 0 unspecified atom stereocenters. The molecular formula is C25H23N5O2. The van der Waals surface area contributed by atoms with Gasteiger partial charge in [-0.05, 0) is 35.9 Å². The smallest absolute Gasteiger partial charge is 0.230 e. The number of para-hydroxylation sites is 1. The second-order valence-corrected chi connectivity index (χ2v) is 7.67. The third kappa shape index (κ3) is 4.43. The molecule has 1 amide bonds. The van der Waals surface area contributed by atoms with Gasteiger partial charge in [-0.1, -0.05) is 36.4 Å². The van der Waals surface area contributed by atoms with E-state index < -0.39 is 0 Å². The summed E-state index contributed by atoms with van der Waals surface area (Å²) in [5, 5.41) is 11.5. The number of rotatable bonds is 5. The summed E-state index contributed by atoms with van der Waals surface area (Å²) >= 11 is 0. The maximum atomic E-state index is 12.6. The predicted octanol–water partition coefficient (Wildman–Crippen LogP) is 3.71. The fraction of sp³-hybridized carbons (Fsp3) is 0.200. The Morgan fingerprint density at radius 2 is 1.88 bits per heavy atom. The number of morpholine rings is 1. The zero-order valence-electron chi connectivity index (χ0n) is 17.6. The van der Waals surface area contributed by atoms with E-state index in [-0.39, 0.29) is 12.3 Å². The van der Waals surface area contributed by atoms with Gasteiger partial charge in [-0.3, -0.25) is 4.79 Å². The van der Waals surface area contributed by atoms with Crippen LogP contribution in [0.1, 0.15) is 5.56 Å². The minimum absolute atomic E-state index is 0.153. The number of anilines is 2. The Labute approximate surface area is 186 Å². The van der Waals surface area contributed by atoms with Crippen molar-refractivity contribution in [1.82, 2.24) is 15.2 Å². The normalized spacial score (nSPS) is 13.8. The highest BCUT2D eigenvalue weighted by atomic mass is 16.5. The minimum atomic E-state index is -0.153. The number of nitrogens with one attached hydrogen (secondary N) is 1. The van der Waals surface area contributed by atoms with Gasteiger partial charge in [-0.25, -0.2) is 4.98 Å². The first-order valence-electron chi connectivity index (χ1n) is 10.7. The van der Waals surface area contributed by atoms with Crippen molar-refractivity contribution in [3.05, 3.63) is 78.5 Å². The van der Waals surface area contributed by atoms with E-state index in [1.807, 2.05) is 24.3 Å². The molecular weight excluding hydrogens is 402 g/mol. The van der Waals surface area contributed by atoms with Crippen molar-refractivity contribution in [1.29, 1.82) is 0 Å². The van der Waals surface area contributed by atoms with Crippen LogP contribution in [0.25, 0.3) is 22.2 Å². The maximum Gasteiger partial charge on any atom is 0.230 e. The Kier molecular flexibility index (Phi) is 5.72. The van der Waals surface area contributed by atoms with Crippen LogP contribution in [-0.2, 0) is 16.0 Å². The van der Waals surface area contributed by atoms with Crippen molar-refractivity contribution in [2.24, 2.45) is 0 Å². The molecule has 32 heavy (non-hydrogen) atoms. The fourth-order valence-corrected chi connectivity index (χ4v) is 3.92. The summed E-state index contributed by atoms with van der Waals surface area (Å²) in [5.74, 6) is 0.283. The summed E-state index contributed by atoms with van der Waals surface area (Å²) < 4.78 is 5.47. The van der Waals surface area contributed by atoms with Crippen LogP contribution in [0.15, 0.2) is 72.9 Å². The summed E-state index contributed by atoms with van der Waals surface area (Å²) in [6.45, 7) is 3.27. The molecule has 7 heteroatoms. The standard InChI is InChI=1S/C25H23N5O2/c31-24(28-23-8-3-11-26-29-23)17-20-6-1-4-18-9-10-22(27-25(18)20)19-5-2-7-21(16-19)30-12-14-32-15-13-30/h1-11,16H,12-15,17H2,(H,28,29,31). The average molecular weight is 425 g/mol. The van der Waals surface area contributed by atoms with E-state index in [1.165, 1.54) is 5.69 Å². The highest BCUT2D eigenvalue weighted by Crippen LogP contribution is 2.27. The molecule has 0 bridgehead atoms. The van der Waals surface area contributed by atoms with Crippen LogP contribution in [0.5, 0.6) is 0 Å². The molecule has 1 fully saturated rings. The zero-order chi connectivity index (χ0) is 21.8. The molecule has 5 rings (SSSR count). The summed E-state index contributed by atoms with van der Waals surface area (Å²) in [5.41, 5.74) is 4.81. The van der Waals surface area contributed by atoms with Crippen LogP contribution < -0.4 is 10.2 Å². The third-order valence-corrected chi connectivity index (χ3v) is 5.51. The number of pyridine rings is 1. The highest BCUT2D eigenvalue weighted by Gasteiger charge is 2.13. The lowest BCUT2D eigenvalue weighted by Crippen LogP contribution is -2.36. The summed E-state index contributed by atoms with van der Waals surface area (Å²) in [7, 11) is 0. The zero-order valence-corrected chi connectivity index (χ0v) is 17.6. The van der Waals surface area contributed by atoms with Crippen molar-refractivity contribution in [3.63, 3.8) is 0 Å². The molecule has 1 saturated heterocycles. The van der Waals surface area contributed by atoms with Gasteiger partial charge in [-0.2, -0.15) is 5.10 Å². The molecule has 160 valence electrons. The number of fused-ring (bicyclic) bond motifs is 1. The quantitative estimate of drug-likeness (QED) is 0.525. The van der Waals surface area contributed by atoms with Gasteiger partial charge in [0.15, 0.2) is 5.82 Å². The van der Waals surface area contributed by atoms with E-state index in [0.29, 0.717) is 5.82 Å². The summed E-state index contributed by atoms with van der Waals surface area (Å²) in [6, 6.07) is 21.9. The van der Waals surface area contributed by atoms with Gasteiger partial charge in [0.25, 0.3) is 0 Å². The first-order valence-corrected chi connectivity index (χ1v) is 10.7. The molecule has 0 atom stereocenters. The second kappa shape index (κ2) is 9.11. The second-order valence-electron chi connectivity index (χ2n) is 7.67. The lowest BCUT2D eigenvalue weighted by Gasteiger charge is -2.29. The number of hydrogen-bond acceptors (Lipinski definition) is 6. The van der Waals surface area contributed by atoms with Crippen LogP contribution in [0.2, 0.25) is 0 Å². The van der Waals surface area contributed by atoms with E-state index >= 15 is 0 Å². The third-order valence-electron chi connectivity index (χ3n) is 5.51. The number of carbonyl (C=O) groups excluding carboxylic acids is 1. The Morgan fingerprint density at radius 3 is 2.72 bits per heavy atom. The number of hydrogen-bond donors (Lipinski definition) is 1. The van der Waals surface area contributed by atoms with E-state index in [4.69, 9.17) is 9.72 Å². The van der Waals surface area contributed by atoms with E-state index in [0.717, 1.165) is 54.0 Å². The van der Waals surface area contributed by atoms with Crippen LogP contribution in [0.4, 0.5) is 11.5 Å². The largest absolute Gasteiger partial charge is 0.378 e. The number of nitrogens with zero attached hydrogens (tertiary/aromatic N) is 4. The number of carbonyl (C=O) groups is 1. The van der Waals surface area contributed by atoms with Crippen molar-refractivity contribution in [3.8, 4) is 11.3 Å². The van der Waals surface area contributed by atoms with Gasteiger partial charge in [-0.15, -0.1) is 5.10 Å². The predicted molar refractivity (Wildman–Crippen MR) is 125 cm³/mol. The first kappa shape index (κ1) is 20.1. The SMILES string of the molecule is O=C(Cc1cccc2ccc(-c3cccc(N4CCOCC4)c3)nc12)Nc1cccnn1. The number of benzene rings is 2. The molecule has 7 nitrogen and oxygen atoms in total. The van der Waals surface area contributed by atoms with Crippen LogP contribution in [-0.4, -0.2) is 47.4 Å². The van der Waals surface area contributed by atoms with Gasteiger partial charge in [0.05, 0.1) is 30.8 Å². The Morgan fingerprint density at radius 1 is 1.00 bits per heavy atom. The first-order chi connectivity index (χ1) is 15.8. The number of ether oxygens (including phenoxy) is 1. The highest BCUT2D eigenvalue weighted by molar-refractivity contribution is 5.95. The van der Waals surface area contributed by atoms with Gasteiger partial charge < -0.3 is 15.0 Å². The molecule has 2 aromatic carbocycles. The van der Waals surface area contributed by atoms with Gasteiger partial charge in [0.1, 0.15) is 0 Å². The molecule has 1 N–H and O–H groups in total. The number of amides is 1. The van der Waals surface area contributed by atoms with Crippen LogP contribution in [0, 0.1) is 0 Å². The molecule has 0 aliphatic carbocycles. The number of aromatic nitrogens is 3. The summed E-state index contributed by atoms with van der Waals surface area (Å²) in [4.78, 5) is 19.8. The van der Waals surface area contributed by atoms with Crippen molar-refractivity contribution < 1.29 is 9.53 Å². The summed E-state index contributed by atoms with van der Waals surface area (Å²) in [6.07, 6.45) is 1.78. The van der Waals surface area contributed by atoms with E-state index in [1.54, 1.807) is 18.3 Å². The van der Waals surface area contributed by atoms with E-state index in [9.17, 15) is 4.79 Å². The molecule has 4 aromatic rings.